The van der Waals surface area contributed by atoms with Crippen LogP contribution < -0.4 is 14.8 Å². The molecule has 0 aliphatic carbocycles. The van der Waals surface area contributed by atoms with Crippen LogP contribution in [0.1, 0.15) is 28.5 Å². The van der Waals surface area contributed by atoms with Gasteiger partial charge < -0.3 is 14.8 Å². The molecule has 1 N–H and O–H groups in total. The van der Waals surface area contributed by atoms with Crippen LogP contribution >= 0.6 is 0 Å². The van der Waals surface area contributed by atoms with Gasteiger partial charge in [-0.2, -0.15) is 0 Å². The molecule has 0 fully saturated rings. The molecule has 4 rings (SSSR count). The number of carbonyl (C=O) groups excluding carboxylic acids is 1. The van der Waals surface area contributed by atoms with E-state index in [-0.39, 0.29) is 11.9 Å². The number of carbonyl (C=O) groups is 1. The Morgan fingerprint density at radius 3 is 2.96 bits per heavy atom. The number of amides is 1. The predicted octanol–water partition coefficient (Wildman–Crippen LogP) is 3.50. The van der Waals surface area contributed by atoms with Crippen molar-refractivity contribution in [2.45, 2.75) is 12.5 Å². The van der Waals surface area contributed by atoms with Gasteiger partial charge in [0.05, 0.1) is 25.3 Å². The molecule has 3 aromatic rings. The largest absolute Gasteiger partial charge is 0.497 e. The van der Waals surface area contributed by atoms with E-state index in [0.717, 1.165) is 34.4 Å². The maximum absolute atomic E-state index is 12.7. The molecule has 5 nitrogen and oxygen atoms in total. The number of aromatic nitrogens is 1. The zero-order valence-electron chi connectivity index (χ0n) is 13.9. The van der Waals surface area contributed by atoms with Gasteiger partial charge >= 0.3 is 0 Å². The highest BCUT2D eigenvalue weighted by molar-refractivity contribution is 5.95. The topological polar surface area (TPSA) is 60.5 Å². The van der Waals surface area contributed by atoms with E-state index in [1.54, 1.807) is 13.2 Å². The van der Waals surface area contributed by atoms with Gasteiger partial charge in [-0.3, -0.25) is 4.79 Å². The van der Waals surface area contributed by atoms with Crippen molar-refractivity contribution in [2.75, 3.05) is 13.7 Å². The minimum atomic E-state index is -0.181. The Bertz CT molecular complexity index is 939. The third kappa shape index (κ3) is 3.01. The molecule has 0 saturated heterocycles. The van der Waals surface area contributed by atoms with E-state index in [1.165, 1.54) is 0 Å². The van der Waals surface area contributed by atoms with Crippen LogP contribution in [0.3, 0.4) is 0 Å². The van der Waals surface area contributed by atoms with Crippen LogP contribution in [-0.2, 0) is 0 Å². The third-order valence-electron chi connectivity index (χ3n) is 4.39. The molecule has 1 amide bonds. The fourth-order valence-electron chi connectivity index (χ4n) is 3.08. The average molecular weight is 334 g/mol. The van der Waals surface area contributed by atoms with E-state index >= 15 is 0 Å². The molecule has 0 bridgehead atoms. The summed E-state index contributed by atoms with van der Waals surface area (Å²) in [5, 5.41) is 4.01. The molecule has 0 spiro atoms. The molecule has 1 unspecified atom stereocenters. The molecular weight excluding hydrogens is 316 g/mol. The second-order valence-corrected chi connectivity index (χ2v) is 5.96. The Labute approximate surface area is 145 Å². The first-order valence-electron chi connectivity index (χ1n) is 8.22. The van der Waals surface area contributed by atoms with Gasteiger partial charge in [0.25, 0.3) is 5.91 Å². The highest BCUT2D eigenvalue weighted by atomic mass is 16.5. The summed E-state index contributed by atoms with van der Waals surface area (Å²) in [6.45, 7) is 0.590. The quantitative estimate of drug-likeness (QED) is 0.796. The molecule has 1 atom stereocenters. The number of methoxy groups -OCH3 is 1. The molecule has 25 heavy (non-hydrogen) atoms. The van der Waals surface area contributed by atoms with Crippen molar-refractivity contribution < 1.29 is 14.3 Å². The fraction of sp³-hybridized carbons (Fsp3) is 0.200. The maximum atomic E-state index is 12.7. The lowest BCUT2D eigenvalue weighted by Crippen LogP contribution is -2.32. The Balaban J connectivity index is 1.58. The van der Waals surface area contributed by atoms with Gasteiger partial charge in [0, 0.05) is 17.4 Å². The average Bonchev–Trinajstić information content (AvgIpc) is 2.67. The monoisotopic (exact) mass is 334 g/mol. The molecule has 1 aromatic heterocycles. The van der Waals surface area contributed by atoms with Crippen LogP contribution in [-0.4, -0.2) is 24.6 Å². The summed E-state index contributed by atoms with van der Waals surface area (Å²) in [6.07, 6.45) is 0.744. The number of hydrogen-bond acceptors (Lipinski definition) is 4. The van der Waals surface area contributed by atoms with Crippen molar-refractivity contribution in [1.29, 1.82) is 0 Å². The van der Waals surface area contributed by atoms with Crippen LogP contribution in [0.5, 0.6) is 11.5 Å². The lowest BCUT2D eigenvalue weighted by molar-refractivity contribution is 0.0920. The summed E-state index contributed by atoms with van der Waals surface area (Å²) >= 11 is 0. The zero-order valence-corrected chi connectivity index (χ0v) is 13.9. The molecule has 0 saturated carbocycles. The van der Waals surface area contributed by atoms with Crippen molar-refractivity contribution in [1.82, 2.24) is 10.3 Å². The van der Waals surface area contributed by atoms with E-state index in [4.69, 9.17) is 9.47 Å². The number of benzene rings is 2. The van der Waals surface area contributed by atoms with Crippen LogP contribution in [0.2, 0.25) is 0 Å². The molecule has 2 heterocycles. The van der Waals surface area contributed by atoms with Crippen molar-refractivity contribution in [3.8, 4) is 11.5 Å². The van der Waals surface area contributed by atoms with Gasteiger partial charge in [0.1, 0.15) is 17.2 Å². The first kappa shape index (κ1) is 15.4. The van der Waals surface area contributed by atoms with Crippen LogP contribution in [0, 0.1) is 0 Å². The maximum Gasteiger partial charge on any atom is 0.270 e. The highest BCUT2D eigenvalue weighted by Gasteiger charge is 2.23. The smallest absolute Gasteiger partial charge is 0.270 e. The molecule has 2 aromatic carbocycles. The van der Waals surface area contributed by atoms with Gasteiger partial charge in [-0.25, -0.2) is 4.98 Å². The van der Waals surface area contributed by atoms with Crippen molar-refractivity contribution in [2.24, 2.45) is 0 Å². The number of ether oxygens (including phenoxy) is 2. The summed E-state index contributed by atoms with van der Waals surface area (Å²) in [5.41, 5.74) is 2.18. The van der Waals surface area contributed by atoms with Gasteiger partial charge in [-0.05, 0) is 30.3 Å². The van der Waals surface area contributed by atoms with Crippen molar-refractivity contribution >= 4 is 16.8 Å². The van der Waals surface area contributed by atoms with E-state index < -0.39 is 0 Å². The summed E-state index contributed by atoms with van der Waals surface area (Å²) in [4.78, 5) is 17.1. The molecule has 1 aliphatic rings. The number of rotatable bonds is 3. The van der Waals surface area contributed by atoms with Gasteiger partial charge in [-0.15, -0.1) is 0 Å². The van der Waals surface area contributed by atoms with E-state index in [2.05, 4.69) is 10.3 Å². The highest BCUT2D eigenvalue weighted by Crippen LogP contribution is 2.31. The Morgan fingerprint density at radius 1 is 1.20 bits per heavy atom. The lowest BCUT2D eigenvalue weighted by atomic mass is 10.0. The number of nitrogens with zero attached hydrogens (tertiary/aromatic N) is 1. The minimum Gasteiger partial charge on any atom is -0.497 e. The number of pyridine rings is 1. The fourth-order valence-corrected chi connectivity index (χ4v) is 3.08. The SMILES string of the molecule is COc1ccc2nc(C(=O)NC3CCOc4ccccc43)ccc2c1. The van der Waals surface area contributed by atoms with Crippen LogP contribution in [0.25, 0.3) is 10.9 Å². The van der Waals surface area contributed by atoms with Crippen molar-refractivity contribution in [3.05, 3.63) is 65.9 Å². The number of para-hydroxylation sites is 1. The number of nitrogens with one attached hydrogen (secondary N) is 1. The summed E-state index contributed by atoms with van der Waals surface area (Å²) in [6, 6.07) is 17.0. The predicted molar refractivity (Wildman–Crippen MR) is 95.1 cm³/mol. The minimum absolute atomic E-state index is 0.0641. The standard InChI is InChI=1S/C20H18N2O3/c1-24-14-7-9-16-13(12-14)6-8-18(21-16)20(23)22-17-10-11-25-19-5-3-2-4-15(17)19/h2-9,12,17H,10-11H2,1H3,(H,22,23). The number of hydrogen-bond donors (Lipinski definition) is 1. The zero-order chi connectivity index (χ0) is 17.2. The van der Waals surface area contributed by atoms with E-state index in [9.17, 15) is 4.79 Å². The van der Waals surface area contributed by atoms with Crippen LogP contribution in [0.4, 0.5) is 0 Å². The van der Waals surface area contributed by atoms with E-state index in [1.807, 2.05) is 48.5 Å². The second kappa shape index (κ2) is 6.43. The lowest BCUT2D eigenvalue weighted by Gasteiger charge is -2.26. The number of fused-ring (bicyclic) bond motifs is 2. The van der Waals surface area contributed by atoms with E-state index in [0.29, 0.717) is 12.3 Å². The first-order chi connectivity index (χ1) is 12.2. The molecule has 1 aliphatic heterocycles. The molecular formula is C20H18N2O3. The second-order valence-electron chi connectivity index (χ2n) is 5.96. The third-order valence-corrected chi connectivity index (χ3v) is 4.39. The molecule has 5 heteroatoms. The summed E-state index contributed by atoms with van der Waals surface area (Å²) in [7, 11) is 1.63. The van der Waals surface area contributed by atoms with Gasteiger partial charge in [0.15, 0.2) is 0 Å². The van der Waals surface area contributed by atoms with Crippen LogP contribution in [0.15, 0.2) is 54.6 Å². The van der Waals surface area contributed by atoms with Gasteiger partial charge in [-0.1, -0.05) is 24.3 Å². The van der Waals surface area contributed by atoms with Crippen molar-refractivity contribution in [3.63, 3.8) is 0 Å². The summed E-state index contributed by atoms with van der Waals surface area (Å²) in [5.74, 6) is 1.42. The molecule has 126 valence electrons. The summed E-state index contributed by atoms with van der Waals surface area (Å²) < 4.78 is 10.9. The normalized spacial score (nSPS) is 16.0. The Morgan fingerprint density at radius 2 is 2.08 bits per heavy atom. The first-order valence-corrected chi connectivity index (χ1v) is 8.22. The Hall–Kier alpha value is -3.08. The van der Waals surface area contributed by atoms with Gasteiger partial charge in [0.2, 0.25) is 0 Å². The Kier molecular flexibility index (Phi) is 3.98. The molecule has 0 radical (unpaired) electrons.